The molecule has 0 saturated carbocycles. The molecule has 3 rings (SSSR count). The van der Waals surface area contributed by atoms with Crippen LogP contribution in [0.2, 0.25) is 0 Å². The first-order chi connectivity index (χ1) is 10.5. The van der Waals surface area contributed by atoms with Crippen molar-refractivity contribution in [1.29, 1.82) is 0 Å². The predicted molar refractivity (Wildman–Crippen MR) is 94.4 cm³/mol. The number of thioether (sulfide) groups is 2. The molecule has 0 bridgehead atoms. The van der Waals surface area contributed by atoms with Gasteiger partial charge in [-0.3, -0.25) is 4.21 Å². The summed E-state index contributed by atoms with van der Waals surface area (Å²) in [4.78, 5) is 1.41. The zero-order chi connectivity index (χ0) is 15.6. The second kappa shape index (κ2) is 6.18. The van der Waals surface area contributed by atoms with Gasteiger partial charge >= 0.3 is 0 Å². The molecule has 2 aromatic carbocycles. The Morgan fingerprint density at radius 3 is 1.64 bits per heavy atom. The van der Waals surface area contributed by atoms with Crippen LogP contribution in [-0.2, 0) is 10.8 Å². The second-order valence-corrected chi connectivity index (χ2v) is 10.7. The first-order valence-electron chi connectivity index (χ1n) is 6.86. The zero-order valence-electron chi connectivity index (χ0n) is 12.3. The molecule has 1 atom stereocenters. The molecule has 1 aliphatic rings. The quantitative estimate of drug-likeness (QED) is 0.719. The third-order valence-corrected chi connectivity index (χ3v) is 8.22. The second-order valence-electron chi connectivity index (χ2n) is 5.27. The van der Waals surface area contributed by atoms with Crippen LogP contribution >= 0.6 is 23.5 Å². The summed E-state index contributed by atoms with van der Waals surface area (Å²) in [7, 11) is -1.24. The fourth-order valence-electron chi connectivity index (χ4n) is 1.98. The molecule has 0 amide bonds. The summed E-state index contributed by atoms with van der Waals surface area (Å²) in [6.07, 6.45) is 0. The number of benzene rings is 2. The van der Waals surface area contributed by atoms with Crippen molar-refractivity contribution in [3.05, 3.63) is 60.7 Å². The van der Waals surface area contributed by atoms with Crippen molar-refractivity contribution >= 4 is 34.3 Å². The number of rotatable bonds is 4. The minimum Gasteiger partial charge on any atom is -0.253 e. The van der Waals surface area contributed by atoms with E-state index in [0.29, 0.717) is 0 Å². The first kappa shape index (κ1) is 15.8. The SMILES string of the molecule is CC1(C)N=NC(Sc2ccccc2)(Sc2ccccc2)S1=O. The molecule has 0 saturated heterocycles. The molecule has 0 aromatic heterocycles. The lowest BCUT2D eigenvalue weighted by Gasteiger charge is -2.25. The molecule has 1 aliphatic heterocycles. The maximum Gasteiger partial charge on any atom is 0.258 e. The molecule has 22 heavy (non-hydrogen) atoms. The van der Waals surface area contributed by atoms with Crippen molar-refractivity contribution < 1.29 is 4.21 Å². The van der Waals surface area contributed by atoms with Crippen molar-refractivity contribution in [2.75, 3.05) is 0 Å². The van der Waals surface area contributed by atoms with E-state index in [1.165, 1.54) is 23.5 Å². The van der Waals surface area contributed by atoms with E-state index in [1.54, 1.807) is 0 Å². The summed E-state index contributed by atoms with van der Waals surface area (Å²) in [6.45, 7) is 3.73. The highest BCUT2D eigenvalue weighted by Gasteiger charge is 2.52. The third kappa shape index (κ3) is 3.14. The summed E-state index contributed by atoms with van der Waals surface area (Å²) in [5, 5.41) is 8.72. The Morgan fingerprint density at radius 2 is 1.27 bits per heavy atom. The molecule has 0 aliphatic carbocycles. The topological polar surface area (TPSA) is 41.8 Å². The van der Waals surface area contributed by atoms with E-state index < -0.39 is 19.2 Å². The van der Waals surface area contributed by atoms with Crippen LogP contribution < -0.4 is 0 Å². The van der Waals surface area contributed by atoms with Gasteiger partial charge in [-0.2, -0.15) is 5.11 Å². The summed E-state index contributed by atoms with van der Waals surface area (Å²) in [6, 6.07) is 19.9. The Kier molecular flexibility index (Phi) is 4.43. The van der Waals surface area contributed by atoms with E-state index in [0.717, 1.165) is 9.79 Å². The third-order valence-electron chi connectivity index (χ3n) is 3.08. The molecule has 114 valence electrons. The van der Waals surface area contributed by atoms with Gasteiger partial charge in [-0.25, -0.2) is 0 Å². The Labute approximate surface area is 141 Å². The highest BCUT2D eigenvalue weighted by Crippen LogP contribution is 2.55. The van der Waals surface area contributed by atoms with E-state index in [4.69, 9.17) is 0 Å². The Hall–Kier alpha value is -1.11. The highest BCUT2D eigenvalue weighted by atomic mass is 32.3. The molecular weight excluding hydrogens is 332 g/mol. The number of hydrogen-bond acceptors (Lipinski definition) is 5. The zero-order valence-corrected chi connectivity index (χ0v) is 14.8. The smallest absolute Gasteiger partial charge is 0.253 e. The number of nitrogens with zero attached hydrogens (tertiary/aromatic N) is 2. The highest BCUT2D eigenvalue weighted by molar-refractivity contribution is 8.30. The maximum atomic E-state index is 13.0. The molecule has 0 spiro atoms. The standard InChI is InChI=1S/C16H16N2OS3/c1-15(2)17-18-16(22(15)19,20-13-9-5-3-6-10-13)21-14-11-7-4-8-12-14/h3-12H,1-2H3. The van der Waals surface area contributed by atoms with Crippen LogP contribution in [0.4, 0.5) is 0 Å². The minimum atomic E-state index is -1.24. The first-order valence-corrected chi connectivity index (χ1v) is 9.64. The Morgan fingerprint density at radius 1 is 0.818 bits per heavy atom. The number of azo groups is 1. The van der Waals surface area contributed by atoms with Crippen LogP contribution in [-0.4, -0.2) is 12.6 Å². The van der Waals surface area contributed by atoms with Crippen LogP contribution in [0, 0.1) is 0 Å². The van der Waals surface area contributed by atoms with Gasteiger partial charge < -0.3 is 0 Å². The maximum absolute atomic E-state index is 13.0. The number of hydrogen-bond donors (Lipinski definition) is 0. The van der Waals surface area contributed by atoms with Crippen LogP contribution in [0.1, 0.15) is 13.8 Å². The molecule has 3 nitrogen and oxygen atoms in total. The van der Waals surface area contributed by atoms with Crippen LogP contribution in [0.5, 0.6) is 0 Å². The Bertz CT molecular complexity index is 660. The molecule has 6 heteroatoms. The van der Waals surface area contributed by atoms with Gasteiger partial charge in [0.05, 0.1) is 0 Å². The van der Waals surface area contributed by atoms with Gasteiger partial charge in [-0.15, -0.1) is 5.11 Å². The minimum absolute atomic E-state index is 0.663. The molecular formula is C16H16N2OS3. The van der Waals surface area contributed by atoms with Crippen molar-refractivity contribution in [3.63, 3.8) is 0 Å². The largest absolute Gasteiger partial charge is 0.258 e. The van der Waals surface area contributed by atoms with Crippen molar-refractivity contribution in [2.24, 2.45) is 10.2 Å². The molecule has 0 N–H and O–H groups in total. The average molecular weight is 349 g/mol. The lowest BCUT2D eigenvalue weighted by Crippen LogP contribution is -2.31. The molecule has 0 radical (unpaired) electrons. The van der Waals surface area contributed by atoms with E-state index in [1.807, 2.05) is 74.5 Å². The summed E-state index contributed by atoms with van der Waals surface area (Å²) >= 11 is 3.01. The predicted octanol–water partition coefficient (Wildman–Crippen LogP) is 5.13. The van der Waals surface area contributed by atoms with Gasteiger partial charge in [-0.05, 0) is 38.1 Å². The van der Waals surface area contributed by atoms with E-state index in [-0.39, 0.29) is 0 Å². The summed E-state index contributed by atoms with van der Waals surface area (Å²) in [5.41, 5.74) is 0. The lowest BCUT2D eigenvalue weighted by molar-refractivity contribution is 0.645. The fraction of sp³-hybridized carbons (Fsp3) is 0.250. The molecule has 0 fully saturated rings. The van der Waals surface area contributed by atoms with Crippen LogP contribution in [0.25, 0.3) is 0 Å². The monoisotopic (exact) mass is 348 g/mol. The lowest BCUT2D eigenvalue weighted by atomic mass is 10.4. The normalized spacial score (nSPS) is 21.8. The van der Waals surface area contributed by atoms with E-state index >= 15 is 0 Å². The van der Waals surface area contributed by atoms with Gasteiger partial charge in [0, 0.05) is 9.79 Å². The van der Waals surface area contributed by atoms with E-state index in [2.05, 4.69) is 10.2 Å². The van der Waals surface area contributed by atoms with Crippen molar-refractivity contribution in [3.8, 4) is 0 Å². The molecule has 2 aromatic rings. The molecule has 1 heterocycles. The molecule has 1 unspecified atom stereocenters. The van der Waals surface area contributed by atoms with Gasteiger partial charge in [0.15, 0.2) is 4.87 Å². The van der Waals surface area contributed by atoms with Crippen molar-refractivity contribution in [1.82, 2.24) is 0 Å². The average Bonchev–Trinajstić information content (AvgIpc) is 2.74. The van der Waals surface area contributed by atoms with Gasteiger partial charge in [0.1, 0.15) is 10.8 Å². The Balaban J connectivity index is 1.97. The fourth-order valence-corrected chi connectivity index (χ4v) is 7.34. The summed E-state index contributed by atoms with van der Waals surface area (Å²) < 4.78 is 12.2. The van der Waals surface area contributed by atoms with Crippen LogP contribution in [0.15, 0.2) is 80.7 Å². The van der Waals surface area contributed by atoms with Crippen LogP contribution in [0.3, 0.4) is 0 Å². The summed E-state index contributed by atoms with van der Waals surface area (Å²) in [5.74, 6) is 0. The van der Waals surface area contributed by atoms with E-state index in [9.17, 15) is 4.21 Å². The van der Waals surface area contributed by atoms with Gasteiger partial charge in [-0.1, -0.05) is 59.9 Å². The van der Waals surface area contributed by atoms with Crippen molar-refractivity contribution in [2.45, 2.75) is 32.0 Å². The van der Waals surface area contributed by atoms with Gasteiger partial charge in [0.25, 0.3) is 3.54 Å². The van der Waals surface area contributed by atoms with Gasteiger partial charge in [0.2, 0.25) is 0 Å².